The monoisotopic (exact) mass is 1010 g/mol. The van der Waals surface area contributed by atoms with Crippen LogP contribution in [0, 0.1) is 22.7 Å². The summed E-state index contributed by atoms with van der Waals surface area (Å²) in [6.45, 7) is 13.9. The minimum atomic E-state index is -2.32. The summed E-state index contributed by atoms with van der Waals surface area (Å²) >= 11 is 0. The smallest absolute Gasteiger partial charge is 0.455 e. The molecule has 0 aromatic heterocycles. The molecule has 1 saturated heterocycles. The normalized spacial score (nSPS) is 30.1. The van der Waals surface area contributed by atoms with Gasteiger partial charge in [-0.2, -0.15) is 0 Å². The molecule has 5 aliphatic rings. The molecule has 11 atom stereocenters. The van der Waals surface area contributed by atoms with Crippen LogP contribution < -0.4 is 5.32 Å². The number of benzene rings is 2. The molecular formula is C51H63NO16S2. The third-order valence-corrected chi connectivity index (χ3v) is 16.7. The molecule has 1 spiro atoms. The molecule has 2 bridgehead atoms. The van der Waals surface area contributed by atoms with Gasteiger partial charge in [0.25, 0.3) is 0 Å². The Morgan fingerprint density at radius 3 is 2.16 bits per heavy atom. The van der Waals surface area contributed by atoms with Gasteiger partial charge in [0.15, 0.2) is 17.5 Å². The van der Waals surface area contributed by atoms with E-state index in [0.29, 0.717) is 17.7 Å². The average Bonchev–Trinajstić information content (AvgIpc) is 4.02. The van der Waals surface area contributed by atoms with Crippen LogP contribution in [-0.4, -0.2) is 119 Å². The van der Waals surface area contributed by atoms with Crippen molar-refractivity contribution in [2.45, 2.75) is 141 Å². The molecule has 3 saturated carbocycles. The second kappa shape index (κ2) is 20.5. The van der Waals surface area contributed by atoms with Crippen molar-refractivity contribution in [3.05, 3.63) is 82.9 Å². The fraction of sp³-hybridized carbons (Fsp3) is 0.588. The van der Waals surface area contributed by atoms with E-state index in [1.165, 1.54) is 29.9 Å². The third kappa shape index (κ3) is 10.2. The van der Waals surface area contributed by atoms with E-state index in [2.05, 4.69) is 5.32 Å². The van der Waals surface area contributed by atoms with Crippen molar-refractivity contribution >= 4 is 63.5 Å². The quantitative estimate of drug-likeness (QED) is 0.0548. The highest BCUT2D eigenvalue weighted by molar-refractivity contribution is 8.76. The molecule has 4 aliphatic carbocycles. The summed E-state index contributed by atoms with van der Waals surface area (Å²) in [4.78, 5) is 98.6. The maximum absolute atomic E-state index is 15.7. The van der Waals surface area contributed by atoms with Crippen LogP contribution in [0.15, 0.2) is 71.8 Å². The van der Waals surface area contributed by atoms with Gasteiger partial charge in [0.05, 0.1) is 18.1 Å². The number of hydrogen-bond acceptors (Lipinski definition) is 18. The first-order chi connectivity index (χ1) is 33.0. The van der Waals surface area contributed by atoms with Gasteiger partial charge in [-0.25, -0.2) is 19.2 Å². The molecule has 2 aromatic rings. The molecule has 70 heavy (non-hydrogen) atoms. The summed E-state index contributed by atoms with van der Waals surface area (Å²) in [7, 11) is 3.09. The lowest BCUT2D eigenvalue weighted by molar-refractivity contribution is -0.323. The number of hydrogen-bond donors (Lipinski definition) is 2. The van der Waals surface area contributed by atoms with Gasteiger partial charge in [0.2, 0.25) is 6.10 Å². The van der Waals surface area contributed by atoms with E-state index in [1.54, 1.807) is 101 Å². The minimum Gasteiger partial charge on any atom is -0.455 e. The summed E-state index contributed by atoms with van der Waals surface area (Å²) in [6, 6.07) is 14.8. The second-order valence-corrected chi connectivity index (χ2v) is 22.8. The molecule has 0 unspecified atom stereocenters. The Morgan fingerprint density at radius 2 is 1.56 bits per heavy atom. The largest absolute Gasteiger partial charge is 0.509 e. The van der Waals surface area contributed by atoms with Crippen molar-refractivity contribution in [3.8, 4) is 0 Å². The van der Waals surface area contributed by atoms with Crippen LogP contribution in [0.25, 0.3) is 0 Å². The van der Waals surface area contributed by atoms with Gasteiger partial charge < -0.3 is 48.3 Å². The summed E-state index contributed by atoms with van der Waals surface area (Å²) in [5, 5.41) is 16.6. The molecular weight excluding hydrogens is 947 g/mol. The molecule has 17 nitrogen and oxygen atoms in total. The highest BCUT2D eigenvalue weighted by Gasteiger charge is 2.84. The Labute approximate surface area is 415 Å². The highest BCUT2D eigenvalue weighted by atomic mass is 33.1. The van der Waals surface area contributed by atoms with E-state index < -0.39 is 124 Å². The fourth-order valence-electron chi connectivity index (χ4n) is 11.0. The first-order valence-electron chi connectivity index (χ1n) is 23.6. The first kappa shape index (κ1) is 52.7. The average molecular weight is 1010 g/mol. The molecule has 1 heterocycles. The third-order valence-electron chi connectivity index (χ3n) is 14.1. The maximum atomic E-state index is 15.7. The SMILES string of the molecule is CCCSSCCOC(=O)O[C@@H](C(=O)O[C@H]1C[C@@]2(O)[C@@H](OC(=O)c3ccccc3)[C@@H]3[C@]4(OC(C)=O)CO[C@@H]4C[C@@H]4C[C@@]43C(=O)[C@H](OC(C)=O)C(=C1C)C2(C)C)[C@@H](NC(=O)OC(C)(C)C)c1ccccc1. The van der Waals surface area contributed by atoms with Gasteiger partial charge in [0.1, 0.15) is 42.2 Å². The number of Topliss-reactive ketones (excluding diaryl/α,β-unsaturated/α-hetero) is 1. The standard InChI is InChI=1S/C51H63NO16S2/c1-10-22-69-70-23-21-61-46(59)65-39(37(31-17-13-11-14-18-31)52-45(58)68-47(5,6)7)44(57)64-34-26-51(60)42(66-43(56)32-19-15-12-16-20-32)40-49(25-33(49)24-35-50(40,27-62-35)67-30(4)54)41(55)38(63-29(3)53)36(28(34)2)48(51,8)9/h11-20,33-35,37-40,42,60H,10,21-27H2,1-9H3,(H,52,58)/t33-,34+,35-,37+,38-,39-,40+,42+,49-,50+,51-/m1/s1. The number of aliphatic hydroxyl groups is 1. The minimum absolute atomic E-state index is 0.0771. The molecule has 1 amide bonds. The van der Waals surface area contributed by atoms with Crippen molar-refractivity contribution in [1.82, 2.24) is 5.32 Å². The Kier molecular flexibility index (Phi) is 15.5. The molecule has 19 heteroatoms. The van der Waals surface area contributed by atoms with Crippen LogP contribution in [0.1, 0.15) is 110 Å². The Bertz CT molecular complexity index is 2370. The van der Waals surface area contributed by atoms with Crippen LogP contribution in [0.5, 0.6) is 0 Å². The second-order valence-electron chi connectivity index (χ2n) is 20.1. The van der Waals surface area contributed by atoms with E-state index in [4.69, 9.17) is 37.9 Å². The molecule has 2 aromatic carbocycles. The Balaban J connectivity index is 1.36. The van der Waals surface area contributed by atoms with Gasteiger partial charge in [0, 0.05) is 42.6 Å². The fourth-order valence-corrected chi connectivity index (χ4v) is 13.0. The van der Waals surface area contributed by atoms with Gasteiger partial charge >= 0.3 is 36.1 Å². The van der Waals surface area contributed by atoms with Crippen LogP contribution in [0.3, 0.4) is 0 Å². The summed E-state index contributed by atoms with van der Waals surface area (Å²) < 4.78 is 48.0. The van der Waals surface area contributed by atoms with Crippen molar-refractivity contribution in [1.29, 1.82) is 0 Å². The van der Waals surface area contributed by atoms with E-state index in [9.17, 15) is 29.1 Å². The number of rotatable bonds is 16. The molecule has 2 N–H and O–H groups in total. The van der Waals surface area contributed by atoms with Gasteiger partial charge in [-0.3, -0.25) is 14.4 Å². The summed E-state index contributed by atoms with van der Waals surface area (Å²) in [5.74, 6) is -4.54. The zero-order valence-electron chi connectivity index (χ0n) is 40.9. The Hall–Kier alpha value is -5.11. The lowest BCUT2D eigenvalue weighted by atomic mass is 9.48. The molecule has 0 radical (unpaired) electrons. The zero-order valence-corrected chi connectivity index (χ0v) is 42.6. The summed E-state index contributed by atoms with van der Waals surface area (Å²) in [5.41, 5.74) is -7.23. The maximum Gasteiger partial charge on any atom is 0.509 e. The first-order valence-corrected chi connectivity index (χ1v) is 26.0. The van der Waals surface area contributed by atoms with Crippen LogP contribution in [-0.2, 0) is 57.1 Å². The lowest BCUT2D eigenvalue weighted by Gasteiger charge is -2.64. The van der Waals surface area contributed by atoms with Gasteiger partial charge in [-0.1, -0.05) is 90.9 Å². The number of ketones is 1. The van der Waals surface area contributed by atoms with Crippen molar-refractivity contribution in [2.24, 2.45) is 22.7 Å². The highest BCUT2D eigenvalue weighted by Crippen LogP contribution is 2.74. The van der Waals surface area contributed by atoms with Gasteiger partial charge in [-0.05, 0) is 81.7 Å². The number of esters is 4. The predicted molar refractivity (Wildman–Crippen MR) is 255 cm³/mol. The Morgan fingerprint density at radius 1 is 0.900 bits per heavy atom. The van der Waals surface area contributed by atoms with E-state index >= 15 is 9.59 Å². The number of alkyl carbamates (subject to hydrolysis) is 1. The lowest BCUT2D eigenvalue weighted by Crippen LogP contribution is -2.78. The zero-order chi connectivity index (χ0) is 51.0. The number of nitrogens with one attached hydrogen (secondary N) is 1. The molecule has 7 rings (SSSR count). The number of fused-ring (bicyclic) bond motifs is 4. The molecule has 4 fully saturated rings. The topological polar surface area (TPSA) is 226 Å². The van der Waals surface area contributed by atoms with Gasteiger partial charge in [-0.15, -0.1) is 0 Å². The number of amides is 1. The predicted octanol–water partition coefficient (Wildman–Crippen LogP) is 7.42. The number of ether oxygens (including phenoxy) is 8. The van der Waals surface area contributed by atoms with Crippen LogP contribution in [0.4, 0.5) is 9.59 Å². The van der Waals surface area contributed by atoms with E-state index in [1.807, 2.05) is 6.92 Å². The molecule has 1 aliphatic heterocycles. The van der Waals surface area contributed by atoms with Crippen LogP contribution >= 0.6 is 21.6 Å². The molecule has 380 valence electrons. The number of carbonyl (C=O) groups excluding carboxylic acids is 7. The summed E-state index contributed by atoms with van der Waals surface area (Å²) in [6.07, 6.45) is -8.81. The van der Waals surface area contributed by atoms with Crippen LogP contribution in [0.2, 0.25) is 0 Å². The van der Waals surface area contributed by atoms with Crippen molar-refractivity contribution in [2.75, 3.05) is 24.7 Å². The van der Waals surface area contributed by atoms with Crippen molar-refractivity contribution in [3.63, 3.8) is 0 Å². The van der Waals surface area contributed by atoms with E-state index in [-0.39, 0.29) is 36.3 Å². The number of carbonyl (C=O) groups is 7. The van der Waals surface area contributed by atoms with Crippen molar-refractivity contribution < 1.29 is 76.6 Å². The van der Waals surface area contributed by atoms with E-state index in [0.717, 1.165) is 19.1 Å².